The number of furan rings is 1. The summed E-state index contributed by atoms with van der Waals surface area (Å²) in [4.78, 5) is 18.2. The van der Waals surface area contributed by atoms with Gasteiger partial charge in [0.15, 0.2) is 5.76 Å². The smallest absolute Gasteiger partial charge is 0.291 e. The quantitative estimate of drug-likeness (QED) is 0.765. The summed E-state index contributed by atoms with van der Waals surface area (Å²) in [7, 11) is 4.10. The number of rotatable bonds is 7. The monoisotopic (exact) mass is 288 g/mol. The molecule has 0 aliphatic rings. The van der Waals surface area contributed by atoms with Crippen molar-refractivity contribution in [2.24, 2.45) is 0 Å². The number of nitrogens with zero attached hydrogens (tertiary/aromatic N) is 2. The van der Waals surface area contributed by atoms with E-state index in [0.29, 0.717) is 5.69 Å². The number of carbonyl (C=O) groups excluding carboxylic acids is 1. The van der Waals surface area contributed by atoms with Crippen molar-refractivity contribution in [1.29, 1.82) is 0 Å². The molecule has 0 bridgehead atoms. The van der Waals surface area contributed by atoms with Gasteiger partial charge < -0.3 is 20.0 Å². The van der Waals surface area contributed by atoms with Gasteiger partial charge in [-0.25, -0.2) is 4.98 Å². The highest BCUT2D eigenvalue weighted by Gasteiger charge is 2.08. The van der Waals surface area contributed by atoms with Crippen LogP contribution in [0.25, 0.3) is 0 Å². The van der Waals surface area contributed by atoms with E-state index in [1.54, 1.807) is 18.3 Å². The lowest BCUT2D eigenvalue weighted by molar-refractivity contribution is 0.0996. The van der Waals surface area contributed by atoms with Gasteiger partial charge in [-0.05, 0) is 51.3 Å². The molecule has 0 aliphatic carbocycles. The van der Waals surface area contributed by atoms with E-state index in [-0.39, 0.29) is 11.7 Å². The first-order valence-corrected chi connectivity index (χ1v) is 6.84. The van der Waals surface area contributed by atoms with Crippen LogP contribution in [0.1, 0.15) is 17.0 Å². The zero-order valence-electron chi connectivity index (χ0n) is 12.3. The first-order valence-electron chi connectivity index (χ1n) is 6.84. The van der Waals surface area contributed by atoms with Gasteiger partial charge >= 0.3 is 0 Å². The summed E-state index contributed by atoms with van der Waals surface area (Å²) in [5, 5.41) is 5.96. The minimum atomic E-state index is -0.284. The van der Waals surface area contributed by atoms with Gasteiger partial charge in [-0.1, -0.05) is 0 Å². The van der Waals surface area contributed by atoms with Crippen molar-refractivity contribution in [2.75, 3.05) is 37.8 Å². The number of pyridine rings is 1. The number of hydrogen-bond acceptors (Lipinski definition) is 5. The molecule has 0 atom stereocenters. The molecule has 2 heterocycles. The minimum absolute atomic E-state index is 0.279. The summed E-state index contributed by atoms with van der Waals surface area (Å²) in [5.41, 5.74) is 0.634. The number of anilines is 2. The zero-order chi connectivity index (χ0) is 15.1. The topological polar surface area (TPSA) is 70.4 Å². The van der Waals surface area contributed by atoms with Crippen molar-refractivity contribution in [3.63, 3.8) is 0 Å². The van der Waals surface area contributed by atoms with Gasteiger partial charge in [-0.3, -0.25) is 4.79 Å². The molecule has 2 aromatic rings. The van der Waals surface area contributed by atoms with Gasteiger partial charge in [-0.15, -0.1) is 0 Å². The van der Waals surface area contributed by atoms with Crippen LogP contribution < -0.4 is 10.6 Å². The van der Waals surface area contributed by atoms with Crippen LogP contribution in [0.3, 0.4) is 0 Å². The van der Waals surface area contributed by atoms with E-state index in [1.807, 2.05) is 12.1 Å². The Labute approximate surface area is 124 Å². The fourth-order valence-electron chi connectivity index (χ4n) is 1.78. The van der Waals surface area contributed by atoms with Crippen molar-refractivity contribution >= 4 is 17.4 Å². The third-order valence-electron chi connectivity index (χ3n) is 2.85. The normalized spacial score (nSPS) is 10.6. The molecular weight excluding hydrogens is 268 g/mol. The SMILES string of the molecule is CN(C)CCCNc1ccc(NC(=O)c2ccco2)cn1. The average Bonchev–Trinajstić information content (AvgIpc) is 2.99. The maximum absolute atomic E-state index is 11.8. The Morgan fingerprint density at radius 2 is 2.19 bits per heavy atom. The van der Waals surface area contributed by atoms with E-state index in [0.717, 1.165) is 25.3 Å². The summed E-state index contributed by atoms with van der Waals surface area (Å²) in [6, 6.07) is 6.94. The molecule has 6 heteroatoms. The summed E-state index contributed by atoms with van der Waals surface area (Å²) < 4.78 is 5.03. The second-order valence-corrected chi connectivity index (χ2v) is 4.95. The molecule has 2 aromatic heterocycles. The third kappa shape index (κ3) is 4.92. The lowest BCUT2D eigenvalue weighted by Gasteiger charge is -2.10. The van der Waals surface area contributed by atoms with Crippen LogP contribution in [0.2, 0.25) is 0 Å². The molecule has 0 aliphatic heterocycles. The Morgan fingerprint density at radius 1 is 1.33 bits per heavy atom. The molecule has 0 unspecified atom stereocenters. The summed E-state index contributed by atoms with van der Waals surface area (Å²) in [6.45, 7) is 1.90. The Bertz CT molecular complexity index is 550. The zero-order valence-corrected chi connectivity index (χ0v) is 12.3. The third-order valence-corrected chi connectivity index (χ3v) is 2.85. The molecule has 6 nitrogen and oxygen atoms in total. The van der Waals surface area contributed by atoms with E-state index in [2.05, 4.69) is 34.6 Å². The number of hydrogen-bond donors (Lipinski definition) is 2. The van der Waals surface area contributed by atoms with Gasteiger partial charge in [0, 0.05) is 6.54 Å². The highest BCUT2D eigenvalue weighted by molar-refractivity contribution is 6.02. The van der Waals surface area contributed by atoms with E-state index in [1.165, 1.54) is 6.26 Å². The fourth-order valence-corrected chi connectivity index (χ4v) is 1.78. The fraction of sp³-hybridized carbons (Fsp3) is 0.333. The standard InChI is InChI=1S/C15H20N4O2/c1-19(2)9-4-8-16-14-7-6-12(11-17-14)18-15(20)13-5-3-10-21-13/h3,5-7,10-11H,4,8-9H2,1-2H3,(H,16,17)(H,18,20). The van der Waals surface area contributed by atoms with E-state index in [4.69, 9.17) is 4.42 Å². The number of amides is 1. The summed E-state index contributed by atoms with van der Waals surface area (Å²) in [6.07, 6.45) is 4.13. The molecule has 0 aromatic carbocycles. The molecule has 0 saturated heterocycles. The van der Waals surface area contributed by atoms with E-state index < -0.39 is 0 Å². The molecule has 2 rings (SSSR count). The van der Waals surface area contributed by atoms with Crippen LogP contribution in [0.5, 0.6) is 0 Å². The molecule has 0 radical (unpaired) electrons. The average molecular weight is 288 g/mol. The second kappa shape index (κ2) is 7.44. The van der Waals surface area contributed by atoms with Gasteiger partial charge in [-0.2, -0.15) is 0 Å². The Kier molecular flexibility index (Phi) is 5.34. The molecule has 0 saturated carbocycles. The Balaban J connectivity index is 1.80. The lowest BCUT2D eigenvalue weighted by atomic mass is 10.3. The van der Waals surface area contributed by atoms with Crippen molar-refractivity contribution in [2.45, 2.75) is 6.42 Å². The molecule has 0 fully saturated rings. The van der Waals surface area contributed by atoms with Gasteiger partial charge in [0.2, 0.25) is 0 Å². The Hall–Kier alpha value is -2.34. The first-order chi connectivity index (χ1) is 10.1. The van der Waals surface area contributed by atoms with E-state index >= 15 is 0 Å². The second-order valence-electron chi connectivity index (χ2n) is 4.95. The summed E-state index contributed by atoms with van der Waals surface area (Å²) in [5.74, 6) is 0.791. The highest BCUT2D eigenvalue weighted by Crippen LogP contribution is 2.11. The predicted octanol–water partition coefficient (Wildman–Crippen LogP) is 2.29. The van der Waals surface area contributed by atoms with Gasteiger partial charge in [0.05, 0.1) is 18.1 Å². The lowest BCUT2D eigenvalue weighted by Crippen LogP contribution is -2.16. The van der Waals surface area contributed by atoms with Crippen molar-refractivity contribution < 1.29 is 9.21 Å². The van der Waals surface area contributed by atoms with Gasteiger partial charge in [0.1, 0.15) is 5.82 Å². The van der Waals surface area contributed by atoms with Crippen LogP contribution >= 0.6 is 0 Å². The largest absolute Gasteiger partial charge is 0.459 e. The number of nitrogens with one attached hydrogen (secondary N) is 2. The Morgan fingerprint density at radius 3 is 2.81 bits per heavy atom. The summed E-state index contributed by atoms with van der Waals surface area (Å²) >= 11 is 0. The van der Waals surface area contributed by atoms with E-state index in [9.17, 15) is 4.79 Å². The predicted molar refractivity (Wildman–Crippen MR) is 82.6 cm³/mol. The van der Waals surface area contributed by atoms with Gasteiger partial charge in [0.25, 0.3) is 5.91 Å². The van der Waals surface area contributed by atoms with Crippen molar-refractivity contribution in [3.8, 4) is 0 Å². The first kappa shape index (κ1) is 15.1. The molecule has 112 valence electrons. The van der Waals surface area contributed by atoms with Crippen LogP contribution in [0.15, 0.2) is 41.1 Å². The number of aromatic nitrogens is 1. The number of carbonyl (C=O) groups is 1. The van der Waals surface area contributed by atoms with Crippen LogP contribution in [-0.2, 0) is 0 Å². The molecular formula is C15H20N4O2. The molecule has 0 spiro atoms. The maximum atomic E-state index is 11.8. The maximum Gasteiger partial charge on any atom is 0.291 e. The molecule has 2 N–H and O–H groups in total. The van der Waals surface area contributed by atoms with Crippen molar-refractivity contribution in [3.05, 3.63) is 42.5 Å². The highest BCUT2D eigenvalue weighted by atomic mass is 16.3. The van der Waals surface area contributed by atoms with Crippen molar-refractivity contribution in [1.82, 2.24) is 9.88 Å². The van der Waals surface area contributed by atoms with Crippen LogP contribution in [0, 0.1) is 0 Å². The minimum Gasteiger partial charge on any atom is -0.459 e. The van der Waals surface area contributed by atoms with Crippen LogP contribution in [-0.4, -0.2) is 43.0 Å². The van der Waals surface area contributed by atoms with Crippen LogP contribution in [0.4, 0.5) is 11.5 Å². The molecule has 21 heavy (non-hydrogen) atoms. The molecule has 1 amide bonds.